The van der Waals surface area contributed by atoms with Gasteiger partial charge in [0.15, 0.2) is 11.5 Å². The summed E-state index contributed by atoms with van der Waals surface area (Å²) >= 11 is 1.05. The summed E-state index contributed by atoms with van der Waals surface area (Å²) in [5.74, 6) is -0.951. The first-order valence-electron chi connectivity index (χ1n) is 8.08. The molecule has 0 bridgehead atoms. The highest BCUT2D eigenvalue weighted by atomic mass is 32.1. The maximum atomic E-state index is 12.4. The fourth-order valence-corrected chi connectivity index (χ4v) is 3.32. The number of nitrogens with zero attached hydrogens (tertiary/aromatic N) is 1. The topological polar surface area (TPSA) is 68.7 Å². The van der Waals surface area contributed by atoms with Gasteiger partial charge in [-0.05, 0) is 23.8 Å². The third-order valence-corrected chi connectivity index (χ3v) is 4.72. The van der Waals surface area contributed by atoms with Crippen molar-refractivity contribution in [2.24, 2.45) is 0 Å². The van der Waals surface area contributed by atoms with E-state index in [-0.39, 0.29) is 16.4 Å². The number of halogens is 2. The average molecular weight is 403 g/mol. The molecular formula is C20H15F2NO4S. The van der Waals surface area contributed by atoms with E-state index in [4.69, 9.17) is 4.74 Å². The second kappa shape index (κ2) is 8.62. The lowest BCUT2D eigenvalue weighted by Crippen LogP contribution is -2.03. The van der Waals surface area contributed by atoms with E-state index in [1.807, 2.05) is 18.2 Å². The number of methoxy groups -OCH3 is 1. The molecule has 0 aliphatic rings. The lowest BCUT2D eigenvalue weighted by molar-refractivity contribution is -0.0512. The molecule has 0 radical (unpaired) electrons. The Bertz CT molecular complexity index is 1000. The van der Waals surface area contributed by atoms with Crippen molar-refractivity contribution in [2.75, 3.05) is 7.11 Å². The normalized spacial score (nSPS) is 11.1. The Labute approximate surface area is 163 Å². The molecule has 8 heteroatoms. The number of aromatic nitrogens is 1. The zero-order chi connectivity index (χ0) is 20.1. The van der Waals surface area contributed by atoms with E-state index in [1.165, 1.54) is 19.2 Å². The summed E-state index contributed by atoms with van der Waals surface area (Å²) in [6, 6.07) is 13.6. The number of aromatic carboxylic acids is 1. The van der Waals surface area contributed by atoms with Crippen LogP contribution in [-0.4, -0.2) is 29.8 Å². The molecule has 0 unspecified atom stereocenters. The maximum absolute atomic E-state index is 12.4. The average Bonchev–Trinajstić information content (AvgIpc) is 3.12. The number of ether oxygens (including phenoxy) is 2. The number of benzene rings is 2. The van der Waals surface area contributed by atoms with Gasteiger partial charge in [0.1, 0.15) is 9.88 Å². The third kappa shape index (κ3) is 4.52. The number of hydrogen-bond acceptors (Lipinski definition) is 5. The third-order valence-electron chi connectivity index (χ3n) is 3.71. The Morgan fingerprint density at radius 2 is 1.89 bits per heavy atom. The Hall–Kier alpha value is -3.26. The highest BCUT2D eigenvalue weighted by Crippen LogP contribution is 2.32. The first-order chi connectivity index (χ1) is 13.5. The minimum Gasteiger partial charge on any atom is -0.493 e. The molecule has 0 aliphatic heterocycles. The van der Waals surface area contributed by atoms with Gasteiger partial charge in [0, 0.05) is 5.56 Å². The molecule has 0 atom stereocenters. The summed E-state index contributed by atoms with van der Waals surface area (Å²) in [7, 11) is 1.35. The lowest BCUT2D eigenvalue weighted by atomic mass is 10.1. The van der Waals surface area contributed by atoms with Crippen LogP contribution in [0, 0.1) is 0 Å². The number of rotatable bonds is 7. The van der Waals surface area contributed by atoms with Crippen LogP contribution in [0.25, 0.3) is 23.4 Å². The molecule has 0 spiro atoms. The molecule has 3 rings (SSSR count). The van der Waals surface area contributed by atoms with Crippen LogP contribution >= 0.6 is 11.3 Å². The van der Waals surface area contributed by atoms with E-state index < -0.39 is 12.6 Å². The molecule has 5 nitrogen and oxygen atoms in total. The van der Waals surface area contributed by atoms with E-state index in [0.717, 1.165) is 11.3 Å². The van der Waals surface area contributed by atoms with Gasteiger partial charge in [0.25, 0.3) is 0 Å². The second-order valence-electron chi connectivity index (χ2n) is 5.52. The predicted octanol–water partition coefficient (Wildman–Crippen LogP) is 5.29. The van der Waals surface area contributed by atoms with Gasteiger partial charge >= 0.3 is 12.6 Å². The van der Waals surface area contributed by atoms with E-state index in [1.54, 1.807) is 30.4 Å². The van der Waals surface area contributed by atoms with Crippen LogP contribution in [0.15, 0.2) is 48.5 Å². The Morgan fingerprint density at radius 3 is 2.54 bits per heavy atom. The number of carbonyl (C=O) groups is 1. The van der Waals surface area contributed by atoms with Crippen LogP contribution in [0.4, 0.5) is 8.78 Å². The van der Waals surface area contributed by atoms with Crippen molar-refractivity contribution < 1.29 is 28.2 Å². The SMILES string of the molecule is COc1cc(/C=C/c2nc(-c3ccccc3)c(C(=O)O)s2)ccc1OC(F)F. The zero-order valence-electron chi connectivity index (χ0n) is 14.6. The van der Waals surface area contributed by atoms with Gasteiger partial charge in [0.2, 0.25) is 0 Å². The molecule has 1 aromatic heterocycles. The van der Waals surface area contributed by atoms with Crippen LogP contribution in [0.2, 0.25) is 0 Å². The smallest absolute Gasteiger partial charge is 0.387 e. The summed E-state index contributed by atoms with van der Waals surface area (Å²) in [6.45, 7) is -2.95. The molecule has 0 saturated carbocycles. The number of alkyl halides is 2. The van der Waals surface area contributed by atoms with Gasteiger partial charge in [-0.3, -0.25) is 0 Å². The molecule has 2 aromatic carbocycles. The summed E-state index contributed by atoms with van der Waals surface area (Å²) in [4.78, 5) is 16.1. The zero-order valence-corrected chi connectivity index (χ0v) is 15.5. The molecule has 0 aliphatic carbocycles. The van der Waals surface area contributed by atoms with E-state index in [0.29, 0.717) is 21.8 Å². The number of thiazole rings is 1. The first kappa shape index (κ1) is 19.5. The fraction of sp³-hybridized carbons (Fsp3) is 0.100. The van der Waals surface area contributed by atoms with Crippen molar-refractivity contribution in [3.8, 4) is 22.8 Å². The first-order valence-corrected chi connectivity index (χ1v) is 8.90. The molecular weight excluding hydrogens is 388 g/mol. The Balaban J connectivity index is 1.89. The van der Waals surface area contributed by atoms with Gasteiger partial charge in [0.05, 0.1) is 12.8 Å². The van der Waals surface area contributed by atoms with Crippen molar-refractivity contribution in [1.29, 1.82) is 0 Å². The highest BCUT2D eigenvalue weighted by Gasteiger charge is 2.17. The van der Waals surface area contributed by atoms with Crippen LogP contribution in [-0.2, 0) is 0 Å². The lowest BCUT2D eigenvalue weighted by Gasteiger charge is -2.10. The summed E-state index contributed by atoms with van der Waals surface area (Å²) in [5, 5.41) is 9.95. The van der Waals surface area contributed by atoms with Gasteiger partial charge in [-0.15, -0.1) is 11.3 Å². The molecule has 144 valence electrons. The van der Waals surface area contributed by atoms with E-state index in [2.05, 4.69) is 9.72 Å². The molecule has 0 saturated heterocycles. The van der Waals surface area contributed by atoms with Crippen molar-refractivity contribution in [1.82, 2.24) is 4.98 Å². The standard InChI is InChI=1S/C20H15F2NO4S/c1-26-15-11-12(7-9-14(15)27-20(21)22)8-10-16-23-17(18(28-16)19(24)25)13-5-3-2-4-6-13/h2-11,20H,1H3,(H,24,25)/b10-8+. The molecule has 1 heterocycles. The maximum Gasteiger partial charge on any atom is 0.387 e. The van der Waals surface area contributed by atoms with Crippen LogP contribution in [0.5, 0.6) is 11.5 Å². The van der Waals surface area contributed by atoms with Crippen molar-refractivity contribution in [2.45, 2.75) is 6.61 Å². The van der Waals surface area contributed by atoms with Gasteiger partial charge in [-0.25, -0.2) is 9.78 Å². The number of carboxylic acids is 1. The van der Waals surface area contributed by atoms with Gasteiger partial charge in [-0.2, -0.15) is 8.78 Å². The molecule has 3 aromatic rings. The highest BCUT2D eigenvalue weighted by molar-refractivity contribution is 7.15. The van der Waals surface area contributed by atoms with Gasteiger partial charge < -0.3 is 14.6 Å². The minimum absolute atomic E-state index is 0.0663. The molecule has 0 fully saturated rings. The Kier molecular flexibility index (Phi) is 6.00. The monoisotopic (exact) mass is 403 g/mol. The molecule has 28 heavy (non-hydrogen) atoms. The van der Waals surface area contributed by atoms with Crippen molar-refractivity contribution in [3.05, 3.63) is 64.0 Å². The minimum atomic E-state index is -2.95. The summed E-state index contributed by atoms with van der Waals surface area (Å²) in [6.07, 6.45) is 3.35. The van der Waals surface area contributed by atoms with Crippen molar-refractivity contribution >= 4 is 29.5 Å². The largest absolute Gasteiger partial charge is 0.493 e. The van der Waals surface area contributed by atoms with Crippen LogP contribution < -0.4 is 9.47 Å². The predicted molar refractivity (Wildman–Crippen MR) is 103 cm³/mol. The van der Waals surface area contributed by atoms with E-state index >= 15 is 0 Å². The number of carboxylic acid groups (broad SMARTS) is 1. The van der Waals surface area contributed by atoms with Crippen LogP contribution in [0.1, 0.15) is 20.2 Å². The summed E-state index contributed by atoms with van der Waals surface area (Å²) < 4.78 is 34.3. The van der Waals surface area contributed by atoms with E-state index in [9.17, 15) is 18.7 Å². The van der Waals surface area contributed by atoms with Gasteiger partial charge in [-0.1, -0.05) is 42.5 Å². The molecule has 1 N–H and O–H groups in total. The fourth-order valence-electron chi connectivity index (χ4n) is 2.49. The number of hydrogen-bond donors (Lipinski definition) is 1. The second-order valence-corrected chi connectivity index (χ2v) is 6.55. The van der Waals surface area contributed by atoms with Crippen molar-refractivity contribution in [3.63, 3.8) is 0 Å². The quantitative estimate of drug-likeness (QED) is 0.581. The van der Waals surface area contributed by atoms with Crippen LogP contribution in [0.3, 0.4) is 0 Å². The summed E-state index contributed by atoms with van der Waals surface area (Å²) in [5.41, 5.74) is 1.77. The Morgan fingerprint density at radius 1 is 1.14 bits per heavy atom. The molecule has 0 amide bonds.